The van der Waals surface area contributed by atoms with Crippen molar-refractivity contribution in [2.75, 3.05) is 6.61 Å². The highest BCUT2D eigenvalue weighted by atomic mass is 35.5. The zero-order valence-electron chi connectivity index (χ0n) is 8.37. The molecule has 0 saturated carbocycles. The lowest BCUT2D eigenvalue weighted by Crippen LogP contribution is -2.20. The maximum atomic E-state index is 11.6. The van der Waals surface area contributed by atoms with E-state index in [0.717, 1.165) is 0 Å². The smallest absolute Gasteiger partial charge is 0.345 e. The van der Waals surface area contributed by atoms with Gasteiger partial charge in [0, 0.05) is 5.39 Å². The molecule has 0 radical (unpaired) electrons. The SMILES string of the molecule is CCOC(=O)c1c(Cl)c2ccsc2[nH]c1=O. The highest BCUT2D eigenvalue weighted by molar-refractivity contribution is 7.16. The molecule has 0 aliphatic heterocycles. The van der Waals surface area contributed by atoms with Crippen molar-refractivity contribution < 1.29 is 9.53 Å². The Morgan fingerprint density at radius 1 is 1.62 bits per heavy atom. The van der Waals surface area contributed by atoms with Crippen LogP contribution in [0.25, 0.3) is 10.2 Å². The molecular weight excluding hydrogens is 250 g/mol. The Bertz CT molecular complexity index is 602. The molecule has 2 rings (SSSR count). The van der Waals surface area contributed by atoms with E-state index < -0.39 is 11.5 Å². The Morgan fingerprint density at radius 3 is 3.06 bits per heavy atom. The van der Waals surface area contributed by atoms with Gasteiger partial charge in [0.2, 0.25) is 0 Å². The van der Waals surface area contributed by atoms with Crippen molar-refractivity contribution in [3.05, 3.63) is 32.4 Å². The minimum absolute atomic E-state index is 0.130. The summed E-state index contributed by atoms with van der Waals surface area (Å²) in [5.74, 6) is -0.693. The fraction of sp³-hybridized carbons (Fsp3) is 0.200. The van der Waals surface area contributed by atoms with Crippen molar-refractivity contribution in [3.8, 4) is 0 Å². The third-order valence-corrected chi connectivity index (χ3v) is 3.28. The molecule has 84 valence electrons. The van der Waals surface area contributed by atoms with Crippen LogP contribution in [0.3, 0.4) is 0 Å². The van der Waals surface area contributed by atoms with E-state index in [1.165, 1.54) is 11.3 Å². The van der Waals surface area contributed by atoms with E-state index in [2.05, 4.69) is 4.98 Å². The second kappa shape index (κ2) is 4.27. The van der Waals surface area contributed by atoms with Gasteiger partial charge in [0.05, 0.1) is 11.6 Å². The molecule has 0 atom stereocenters. The summed E-state index contributed by atoms with van der Waals surface area (Å²) < 4.78 is 4.78. The van der Waals surface area contributed by atoms with Crippen LogP contribution in [-0.2, 0) is 4.74 Å². The Kier molecular flexibility index (Phi) is 2.98. The van der Waals surface area contributed by atoms with Crippen LogP contribution >= 0.6 is 22.9 Å². The normalized spacial score (nSPS) is 10.6. The average Bonchev–Trinajstić information content (AvgIpc) is 2.66. The van der Waals surface area contributed by atoms with E-state index in [0.29, 0.717) is 10.2 Å². The molecule has 0 saturated heterocycles. The number of pyridine rings is 1. The Morgan fingerprint density at radius 2 is 2.38 bits per heavy atom. The summed E-state index contributed by atoms with van der Waals surface area (Å²) >= 11 is 7.36. The summed E-state index contributed by atoms with van der Waals surface area (Å²) in [6, 6.07) is 1.75. The standard InChI is InChI=1S/C10H8ClNO3S/c1-2-15-10(14)6-7(11)5-3-4-16-9(5)12-8(6)13/h3-4H,2H2,1H3,(H,12,13). The molecule has 0 amide bonds. The molecule has 0 unspecified atom stereocenters. The van der Waals surface area contributed by atoms with Crippen LogP contribution < -0.4 is 5.56 Å². The van der Waals surface area contributed by atoms with Crippen molar-refractivity contribution in [1.82, 2.24) is 4.98 Å². The van der Waals surface area contributed by atoms with Gasteiger partial charge in [-0.3, -0.25) is 4.79 Å². The van der Waals surface area contributed by atoms with Crippen LogP contribution in [0.1, 0.15) is 17.3 Å². The second-order valence-electron chi connectivity index (χ2n) is 3.03. The first kappa shape index (κ1) is 11.2. The van der Waals surface area contributed by atoms with Gasteiger partial charge >= 0.3 is 5.97 Å². The van der Waals surface area contributed by atoms with Gasteiger partial charge in [0.25, 0.3) is 5.56 Å². The second-order valence-corrected chi connectivity index (χ2v) is 4.32. The van der Waals surface area contributed by atoms with E-state index >= 15 is 0 Å². The minimum atomic E-state index is -0.693. The van der Waals surface area contributed by atoms with E-state index in [-0.39, 0.29) is 17.2 Å². The van der Waals surface area contributed by atoms with Crippen molar-refractivity contribution in [1.29, 1.82) is 0 Å². The first-order chi connectivity index (χ1) is 7.65. The topological polar surface area (TPSA) is 59.2 Å². The van der Waals surface area contributed by atoms with Crippen LogP contribution in [-0.4, -0.2) is 17.6 Å². The first-order valence-corrected chi connectivity index (χ1v) is 5.87. The number of esters is 1. The van der Waals surface area contributed by atoms with Crippen LogP contribution in [0.2, 0.25) is 5.02 Å². The third kappa shape index (κ3) is 1.72. The Hall–Kier alpha value is -1.33. The summed E-state index contributed by atoms with van der Waals surface area (Å²) in [5, 5.41) is 2.61. The highest BCUT2D eigenvalue weighted by Crippen LogP contribution is 2.27. The number of nitrogens with one attached hydrogen (secondary N) is 1. The van der Waals surface area contributed by atoms with Gasteiger partial charge in [-0.25, -0.2) is 4.79 Å². The number of fused-ring (bicyclic) bond motifs is 1. The number of carbonyl (C=O) groups is 1. The number of carbonyl (C=O) groups excluding carboxylic acids is 1. The number of halogens is 1. The zero-order chi connectivity index (χ0) is 11.7. The zero-order valence-corrected chi connectivity index (χ0v) is 9.95. The Balaban J connectivity index is 2.68. The summed E-state index contributed by atoms with van der Waals surface area (Å²) in [4.78, 5) is 26.4. The molecule has 4 nitrogen and oxygen atoms in total. The van der Waals surface area contributed by atoms with Gasteiger partial charge in [-0.1, -0.05) is 11.6 Å². The lowest BCUT2D eigenvalue weighted by atomic mass is 10.2. The van der Waals surface area contributed by atoms with Crippen molar-refractivity contribution >= 4 is 39.1 Å². The number of thiophene rings is 1. The number of H-pyrrole nitrogens is 1. The number of ether oxygens (including phenoxy) is 1. The number of rotatable bonds is 2. The van der Waals surface area contributed by atoms with Gasteiger partial charge in [-0.2, -0.15) is 0 Å². The predicted molar refractivity (Wildman–Crippen MR) is 63.4 cm³/mol. The molecule has 0 aromatic carbocycles. The Labute approximate surface area is 99.8 Å². The summed E-state index contributed by atoms with van der Waals surface area (Å²) in [6.07, 6.45) is 0. The number of aromatic amines is 1. The van der Waals surface area contributed by atoms with Crippen LogP contribution in [0, 0.1) is 0 Å². The molecule has 2 aromatic heterocycles. The van der Waals surface area contributed by atoms with E-state index in [1.807, 2.05) is 0 Å². The maximum Gasteiger partial charge on any atom is 0.345 e. The van der Waals surface area contributed by atoms with E-state index in [9.17, 15) is 9.59 Å². The van der Waals surface area contributed by atoms with Crippen molar-refractivity contribution in [2.45, 2.75) is 6.92 Å². The predicted octanol–water partition coefficient (Wildman–Crippen LogP) is 2.42. The third-order valence-electron chi connectivity index (χ3n) is 2.05. The molecule has 0 bridgehead atoms. The number of hydrogen-bond acceptors (Lipinski definition) is 4. The fourth-order valence-electron chi connectivity index (χ4n) is 1.36. The van der Waals surface area contributed by atoms with E-state index in [1.54, 1.807) is 18.4 Å². The molecule has 1 N–H and O–H groups in total. The summed E-state index contributed by atoms with van der Waals surface area (Å²) in [6.45, 7) is 1.87. The average molecular weight is 258 g/mol. The van der Waals surface area contributed by atoms with Crippen molar-refractivity contribution in [2.24, 2.45) is 0 Å². The molecular formula is C10H8ClNO3S. The van der Waals surface area contributed by atoms with Crippen molar-refractivity contribution in [3.63, 3.8) is 0 Å². The van der Waals surface area contributed by atoms with Gasteiger partial charge < -0.3 is 9.72 Å². The maximum absolute atomic E-state index is 11.6. The summed E-state index contributed by atoms with van der Waals surface area (Å²) in [7, 11) is 0. The van der Waals surface area contributed by atoms with Crippen LogP contribution in [0.5, 0.6) is 0 Å². The fourth-order valence-corrected chi connectivity index (χ4v) is 2.53. The number of aromatic nitrogens is 1. The van der Waals surface area contributed by atoms with E-state index in [4.69, 9.17) is 16.3 Å². The van der Waals surface area contributed by atoms with Gasteiger partial charge in [0.1, 0.15) is 10.4 Å². The monoisotopic (exact) mass is 257 g/mol. The minimum Gasteiger partial charge on any atom is -0.462 e. The molecule has 0 spiro atoms. The summed E-state index contributed by atoms with van der Waals surface area (Å²) in [5.41, 5.74) is -0.646. The van der Waals surface area contributed by atoms with Gasteiger partial charge in [0.15, 0.2) is 0 Å². The van der Waals surface area contributed by atoms with Gasteiger partial charge in [-0.15, -0.1) is 11.3 Å². The lowest BCUT2D eigenvalue weighted by molar-refractivity contribution is 0.0525. The highest BCUT2D eigenvalue weighted by Gasteiger charge is 2.19. The molecule has 0 fully saturated rings. The molecule has 2 heterocycles. The molecule has 0 aliphatic rings. The molecule has 2 aromatic rings. The molecule has 16 heavy (non-hydrogen) atoms. The lowest BCUT2D eigenvalue weighted by Gasteiger charge is -2.03. The quantitative estimate of drug-likeness (QED) is 0.841. The largest absolute Gasteiger partial charge is 0.462 e. The molecule has 0 aliphatic carbocycles. The first-order valence-electron chi connectivity index (χ1n) is 4.61. The van der Waals surface area contributed by atoms with Crippen LogP contribution in [0.4, 0.5) is 0 Å². The number of hydrogen-bond donors (Lipinski definition) is 1. The van der Waals surface area contributed by atoms with Crippen LogP contribution in [0.15, 0.2) is 16.2 Å². The van der Waals surface area contributed by atoms with Gasteiger partial charge in [-0.05, 0) is 18.4 Å². The molecule has 6 heteroatoms.